The van der Waals surface area contributed by atoms with Gasteiger partial charge in [0, 0.05) is 0 Å². The number of nitrogens with zero attached hydrogens (tertiary/aromatic N) is 1. The monoisotopic (exact) mass is 415 g/mol. The third-order valence-corrected chi connectivity index (χ3v) is 6.10. The molecule has 5 heteroatoms. The van der Waals surface area contributed by atoms with Crippen LogP contribution in [-0.2, 0) is 4.79 Å². The van der Waals surface area contributed by atoms with E-state index in [9.17, 15) is 20.1 Å². The second-order valence-corrected chi connectivity index (χ2v) is 8.79. The van der Waals surface area contributed by atoms with Crippen LogP contribution >= 0.6 is 0 Å². The first-order chi connectivity index (χ1) is 14.1. The maximum Gasteiger partial charge on any atom is 0.119 e. The van der Waals surface area contributed by atoms with Crippen LogP contribution in [0, 0.1) is 0 Å². The van der Waals surface area contributed by atoms with E-state index in [2.05, 4.69) is 6.92 Å². The van der Waals surface area contributed by atoms with Gasteiger partial charge in [0.05, 0.1) is 25.7 Å². The number of carbonyl (C=O) groups excluding carboxylic acids is 1. The minimum Gasteiger partial charge on any atom is -0.544 e. The Morgan fingerprint density at radius 3 is 1.28 bits per heavy atom. The maximum absolute atomic E-state index is 11.0. The Morgan fingerprint density at radius 1 is 0.621 bits per heavy atom. The molecule has 29 heavy (non-hydrogen) atoms. The van der Waals surface area contributed by atoms with Gasteiger partial charge in [-0.05, 0) is 12.8 Å². The summed E-state index contributed by atoms with van der Waals surface area (Å²) in [6.45, 7) is 3.44. The molecule has 0 fully saturated rings. The topological polar surface area (TPSA) is 80.6 Å². The summed E-state index contributed by atoms with van der Waals surface area (Å²) in [5, 5.41) is 29.6. The SMILES string of the molecule is CCCCCCCCCCCCCCCCCC[N+](CCO)(CCO)CC(=O)[O-]. The first kappa shape index (κ1) is 28.4. The summed E-state index contributed by atoms with van der Waals surface area (Å²) in [6, 6.07) is 0. The van der Waals surface area contributed by atoms with Gasteiger partial charge >= 0.3 is 0 Å². The van der Waals surface area contributed by atoms with Crippen LogP contribution < -0.4 is 5.11 Å². The van der Waals surface area contributed by atoms with Gasteiger partial charge in [-0.1, -0.05) is 96.8 Å². The molecule has 0 bridgehead atoms. The molecule has 0 spiro atoms. The summed E-state index contributed by atoms with van der Waals surface area (Å²) < 4.78 is 0.230. The number of unbranched alkanes of at least 4 members (excludes halogenated alkanes) is 15. The van der Waals surface area contributed by atoms with Crippen molar-refractivity contribution in [1.29, 1.82) is 0 Å². The molecule has 0 aromatic carbocycles. The number of hydrogen-bond acceptors (Lipinski definition) is 4. The number of aliphatic hydroxyl groups excluding tert-OH is 2. The van der Waals surface area contributed by atoms with E-state index < -0.39 is 5.97 Å². The molecule has 0 saturated carbocycles. The lowest BCUT2D eigenvalue weighted by Crippen LogP contribution is -2.57. The highest BCUT2D eigenvalue weighted by Crippen LogP contribution is 2.15. The fourth-order valence-corrected chi connectivity index (χ4v) is 4.27. The molecule has 0 aliphatic rings. The number of rotatable bonds is 23. The van der Waals surface area contributed by atoms with Gasteiger partial charge in [-0.2, -0.15) is 0 Å². The summed E-state index contributed by atoms with van der Waals surface area (Å²) >= 11 is 0. The van der Waals surface area contributed by atoms with E-state index >= 15 is 0 Å². The molecular weight excluding hydrogens is 366 g/mol. The molecule has 174 valence electrons. The van der Waals surface area contributed by atoms with Crippen molar-refractivity contribution in [1.82, 2.24) is 0 Å². The molecule has 0 aromatic heterocycles. The minimum atomic E-state index is -1.11. The zero-order valence-electron chi connectivity index (χ0n) is 19.2. The molecule has 0 aromatic rings. The molecule has 0 aliphatic heterocycles. The van der Waals surface area contributed by atoms with Crippen molar-refractivity contribution in [3.8, 4) is 0 Å². The Hall–Kier alpha value is -0.650. The number of aliphatic hydroxyl groups is 2. The smallest absolute Gasteiger partial charge is 0.119 e. The lowest BCUT2D eigenvalue weighted by atomic mass is 10.0. The van der Waals surface area contributed by atoms with Gasteiger partial charge in [0.15, 0.2) is 0 Å². The fourth-order valence-electron chi connectivity index (χ4n) is 4.27. The zero-order chi connectivity index (χ0) is 21.6. The van der Waals surface area contributed by atoms with Gasteiger partial charge in [-0.25, -0.2) is 0 Å². The second-order valence-electron chi connectivity index (χ2n) is 8.79. The first-order valence-corrected chi connectivity index (χ1v) is 12.4. The predicted octanol–water partition coefficient (Wildman–Crippen LogP) is 3.80. The third kappa shape index (κ3) is 17.9. The Kier molecular flexibility index (Phi) is 20.2. The Morgan fingerprint density at radius 2 is 0.966 bits per heavy atom. The van der Waals surface area contributed by atoms with Crippen molar-refractivity contribution in [2.45, 2.75) is 110 Å². The zero-order valence-corrected chi connectivity index (χ0v) is 19.2. The lowest BCUT2D eigenvalue weighted by molar-refractivity contribution is -0.923. The van der Waals surface area contributed by atoms with Crippen LogP contribution in [0.4, 0.5) is 0 Å². The van der Waals surface area contributed by atoms with Crippen LogP contribution in [0.15, 0.2) is 0 Å². The van der Waals surface area contributed by atoms with Crippen LogP contribution in [0.1, 0.15) is 110 Å². The molecular formula is C24H49NO4. The summed E-state index contributed by atoms with van der Waals surface area (Å²) in [7, 11) is 0. The minimum absolute atomic E-state index is 0.0634. The van der Waals surface area contributed by atoms with E-state index in [1.54, 1.807) is 0 Å². The highest BCUT2D eigenvalue weighted by molar-refractivity contribution is 5.65. The number of hydrogen-bond donors (Lipinski definition) is 2. The van der Waals surface area contributed by atoms with Crippen LogP contribution in [0.5, 0.6) is 0 Å². The molecule has 0 saturated heterocycles. The highest BCUT2D eigenvalue weighted by Gasteiger charge is 2.26. The molecule has 0 amide bonds. The normalized spacial score (nSPS) is 11.8. The molecule has 0 rings (SSSR count). The molecule has 2 N–H and O–H groups in total. The standard InChI is InChI=1S/C24H49NO4/c1-2-3-4-5-6-7-8-9-10-11-12-13-14-15-16-17-18-25(19-21-26,20-22-27)23-24(28)29/h26-27H,2-23H2,1H3. The number of aliphatic carboxylic acids is 1. The highest BCUT2D eigenvalue weighted by atomic mass is 16.4. The van der Waals surface area contributed by atoms with Crippen molar-refractivity contribution in [3.05, 3.63) is 0 Å². The molecule has 0 unspecified atom stereocenters. The van der Waals surface area contributed by atoms with Crippen molar-refractivity contribution < 1.29 is 24.6 Å². The van der Waals surface area contributed by atoms with Crippen LogP contribution in [0.25, 0.3) is 0 Å². The average molecular weight is 416 g/mol. The second kappa shape index (κ2) is 20.6. The van der Waals surface area contributed by atoms with Gasteiger partial charge in [-0.15, -0.1) is 0 Å². The number of carboxylic acids is 1. The molecule has 0 heterocycles. The van der Waals surface area contributed by atoms with Gasteiger partial charge in [0.2, 0.25) is 0 Å². The largest absolute Gasteiger partial charge is 0.544 e. The third-order valence-electron chi connectivity index (χ3n) is 6.10. The lowest BCUT2D eigenvalue weighted by Gasteiger charge is -2.38. The summed E-state index contributed by atoms with van der Waals surface area (Å²) in [5.41, 5.74) is 0. The van der Waals surface area contributed by atoms with Crippen LogP contribution in [0.3, 0.4) is 0 Å². The summed E-state index contributed by atoms with van der Waals surface area (Å²) in [5.74, 6) is -1.11. The van der Waals surface area contributed by atoms with E-state index in [1.807, 2.05) is 0 Å². The van der Waals surface area contributed by atoms with E-state index in [0.29, 0.717) is 19.6 Å². The van der Waals surface area contributed by atoms with Crippen molar-refractivity contribution >= 4 is 5.97 Å². The maximum atomic E-state index is 11.0. The van der Waals surface area contributed by atoms with E-state index in [-0.39, 0.29) is 24.2 Å². The van der Waals surface area contributed by atoms with Gasteiger partial charge < -0.3 is 24.6 Å². The number of quaternary nitrogens is 1. The number of carbonyl (C=O) groups is 1. The van der Waals surface area contributed by atoms with Gasteiger partial charge in [0.25, 0.3) is 0 Å². The van der Waals surface area contributed by atoms with Crippen LogP contribution in [0.2, 0.25) is 0 Å². The van der Waals surface area contributed by atoms with Gasteiger partial charge in [0.1, 0.15) is 19.6 Å². The predicted molar refractivity (Wildman–Crippen MR) is 118 cm³/mol. The van der Waals surface area contributed by atoms with E-state index in [4.69, 9.17) is 0 Å². The Balaban J connectivity index is 3.57. The Bertz CT molecular complexity index is 357. The molecule has 0 radical (unpaired) electrons. The number of carboxylic acid groups (broad SMARTS) is 1. The van der Waals surface area contributed by atoms with Gasteiger partial charge in [-0.3, -0.25) is 0 Å². The fraction of sp³-hybridized carbons (Fsp3) is 0.958. The van der Waals surface area contributed by atoms with E-state index in [0.717, 1.165) is 12.8 Å². The molecule has 5 nitrogen and oxygen atoms in total. The van der Waals surface area contributed by atoms with Crippen molar-refractivity contribution in [3.63, 3.8) is 0 Å². The first-order valence-electron chi connectivity index (χ1n) is 12.4. The molecule has 0 aliphatic carbocycles. The molecule has 0 atom stereocenters. The quantitative estimate of drug-likeness (QED) is 0.196. The average Bonchev–Trinajstić information content (AvgIpc) is 2.67. The summed E-state index contributed by atoms with van der Waals surface area (Å²) in [6.07, 6.45) is 21.0. The summed E-state index contributed by atoms with van der Waals surface area (Å²) in [4.78, 5) is 11.0. The van der Waals surface area contributed by atoms with Crippen molar-refractivity contribution in [2.24, 2.45) is 0 Å². The van der Waals surface area contributed by atoms with Crippen molar-refractivity contribution in [2.75, 3.05) is 39.4 Å². The van der Waals surface area contributed by atoms with Crippen LogP contribution in [-0.4, -0.2) is 60.1 Å². The Labute approximate surface area is 180 Å². The van der Waals surface area contributed by atoms with E-state index in [1.165, 1.54) is 89.9 Å².